The molecule has 1 nitrogen and oxygen atoms in total. The molecule has 0 bridgehead atoms. The van der Waals surface area contributed by atoms with Gasteiger partial charge in [0, 0.05) is 17.1 Å². The predicted octanol–water partition coefficient (Wildman–Crippen LogP) is 8.29. The van der Waals surface area contributed by atoms with Gasteiger partial charge in [-0.05, 0) is 64.7 Å². The zero-order valence-electron chi connectivity index (χ0n) is 17.1. The van der Waals surface area contributed by atoms with E-state index in [1.54, 1.807) is 0 Å². The van der Waals surface area contributed by atoms with Gasteiger partial charge in [0.15, 0.2) is 0 Å². The molecule has 1 heteroatoms. The Morgan fingerprint density at radius 2 is 0.742 bits per heavy atom. The van der Waals surface area contributed by atoms with Crippen LogP contribution in [-0.4, -0.2) is 0 Å². The Morgan fingerprint density at radius 1 is 0.355 bits per heavy atom. The Morgan fingerprint density at radius 3 is 1.26 bits per heavy atom. The largest absolute Gasteiger partial charge is 0.311 e. The molecular weight excluding hydrogens is 374 g/mol. The van der Waals surface area contributed by atoms with Gasteiger partial charge in [-0.1, -0.05) is 97.1 Å². The average molecular weight is 397 g/mol. The molecule has 0 unspecified atom stereocenters. The quantitative estimate of drug-likeness (QED) is 0.289. The third-order valence-electron chi connectivity index (χ3n) is 5.42. The average Bonchev–Trinajstić information content (AvgIpc) is 2.87. The topological polar surface area (TPSA) is 3.24 Å². The first kappa shape index (κ1) is 18.9. The van der Waals surface area contributed by atoms with Gasteiger partial charge in [-0.3, -0.25) is 0 Å². The number of rotatable bonds is 5. The first-order valence-corrected chi connectivity index (χ1v) is 10.5. The Hall–Kier alpha value is -4.10. The Kier molecular flexibility index (Phi) is 5.32. The van der Waals surface area contributed by atoms with E-state index in [-0.39, 0.29) is 0 Å². The fourth-order valence-corrected chi connectivity index (χ4v) is 3.84. The highest BCUT2D eigenvalue weighted by Crippen LogP contribution is 2.36. The fourth-order valence-electron chi connectivity index (χ4n) is 3.84. The Labute approximate surface area is 183 Å². The van der Waals surface area contributed by atoms with Gasteiger partial charge in [-0.2, -0.15) is 0 Å². The van der Waals surface area contributed by atoms with Crippen molar-refractivity contribution < 1.29 is 0 Å². The van der Waals surface area contributed by atoms with Gasteiger partial charge in [0.25, 0.3) is 0 Å². The van der Waals surface area contributed by atoms with E-state index in [0.717, 1.165) is 17.1 Å². The van der Waals surface area contributed by atoms with Crippen molar-refractivity contribution in [3.05, 3.63) is 140 Å². The molecule has 0 atom stereocenters. The van der Waals surface area contributed by atoms with E-state index < -0.39 is 0 Å². The van der Waals surface area contributed by atoms with Crippen LogP contribution in [-0.2, 0) is 0 Å². The van der Waals surface area contributed by atoms with Gasteiger partial charge in [-0.15, -0.1) is 0 Å². The number of hydrogen-bond donors (Lipinski definition) is 0. The molecule has 0 aromatic heterocycles. The van der Waals surface area contributed by atoms with Crippen LogP contribution in [0.5, 0.6) is 0 Å². The molecule has 0 saturated carbocycles. The van der Waals surface area contributed by atoms with Gasteiger partial charge in [0.2, 0.25) is 0 Å². The zero-order chi connectivity index (χ0) is 20.9. The molecule has 5 aromatic carbocycles. The van der Waals surface area contributed by atoms with Crippen LogP contribution in [0.2, 0.25) is 0 Å². The molecule has 31 heavy (non-hydrogen) atoms. The van der Waals surface area contributed by atoms with Crippen molar-refractivity contribution in [3.8, 4) is 22.3 Å². The summed E-state index contributed by atoms with van der Waals surface area (Å²) in [4.78, 5) is 2.29. The summed E-state index contributed by atoms with van der Waals surface area (Å²) in [5.41, 5.74) is 8.24. The van der Waals surface area contributed by atoms with E-state index in [2.05, 4.69) is 126 Å². The van der Waals surface area contributed by atoms with E-state index in [0.29, 0.717) is 0 Å². The molecule has 0 fully saturated rings. The first-order chi connectivity index (χ1) is 15.4. The van der Waals surface area contributed by atoms with E-state index in [1.807, 2.05) is 18.2 Å². The summed E-state index contributed by atoms with van der Waals surface area (Å²) in [5.74, 6) is 0. The molecule has 0 aliphatic carbocycles. The molecule has 147 valence electrons. The summed E-state index contributed by atoms with van der Waals surface area (Å²) in [6.45, 7) is 0. The highest BCUT2D eigenvalue weighted by molar-refractivity contribution is 5.79. The number of nitrogens with zero attached hydrogens (tertiary/aromatic N) is 1. The molecule has 5 aromatic rings. The minimum Gasteiger partial charge on any atom is -0.311 e. The monoisotopic (exact) mass is 396 g/mol. The molecule has 0 spiro atoms. The molecule has 0 amide bonds. The van der Waals surface area contributed by atoms with Crippen molar-refractivity contribution in [3.63, 3.8) is 0 Å². The van der Waals surface area contributed by atoms with Crippen molar-refractivity contribution >= 4 is 17.1 Å². The number of benzene rings is 5. The maximum Gasteiger partial charge on any atom is 0.0462 e. The van der Waals surface area contributed by atoms with Crippen LogP contribution in [0.25, 0.3) is 22.3 Å². The lowest BCUT2D eigenvalue weighted by molar-refractivity contribution is 1.28. The normalized spacial score (nSPS) is 10.6. The van der Waals surface area contributed by atoms with Crippen molar-refractivity contribution in [2.24, 2.45) is 0 Å². The Balaban J connectivity index is 1.52. The standard InChI is InChI=1S/C30H22N/c1-4-10-24(11-5-1)26-16-20-29(21-17-26)31(28-14-8-3-9-15-28)30-22-18-27(19-23-30)25-12-6-2-7-13-25/h1,3-23H. The molecule has 0 N–H and O–H groups in total. The maximum atomic E-state index is 3.08. The summed E-state index contributed by atoms with van der Waals surface area (Å²) in [5, 5.41) is 0. The molecule has 0 heterocycles. The van der Waals surface area contributed by atoms with Crippen molar-refractivity contribution in [2.75, 3.05) is 4.90 Å². The van der Waals surface area contributed by atoms with E-state index in [4.69, 9.17) is 0 Å². The molecule has 1 radical (unpaired) electrons. The van der Waals surface area contributed by atoms with Gasteiger partial charge in [0.1, 0.15) is 0 Å². The maximum absolute atomic E-state index is 3.08. The highest BCUT2D eigenvalue weighted by atomic mass is 15.1. The van der Waals surface area contributed by atoms with Crippen LogP contribution >= 0.6 is 0 Å². The van der Waals surface area contributed by atoms with Crippen LogP contribution in [0.3, 0.4) is 0 Å². The van der Waals surface area contributed by atoms with Crippen molar-refractivity contribution in [1.82, 2.24) is 0 Å². The SMILES string of the molecule is [c]1ccc(-c2ccc(N(c3ccccc3)c3ccc(-c4ccccc4)cc3)cc2)cc1. The van der Waals surface area contributed by atoms with Crippen LogP contribution in [0, 0.1) is 6.07 Å². The number of para-hydroxylation sites is 1. The summed E-state index contributed by atoms with van der Waals surface area (Å²) in [6.07, 6.45) is 0. The van der Waals surface area contributed by atoms with Gasteiger partial charge in [-0.25, -0.2) is 0 Å². The molecule has 5 rings (SSSR count). The van der Waals surface area contributed by atoms with Crippen LogP contribution in [0.1, 0.15) is 0 Å². The molecule has 0 saturated heterocycles. The van der Waals surface area contributed by atoms with Gasteiger partial charge >= 0.3 is 0 Å². The van der Waals surface area contributed by atoms with E-state index in [9.17, 15) is 0 Å². The highest BCUT2D eigenvalue weighted by Gasteiger charge is 2.12. The number of anilines is 3. The second-order valence-corrected chi connectivity index (χ2v) is 7.42. The minimum absolute atomic E-state index is 1.13. The fraction of sp³-hybridized carbons (Fsp3) is 0. The minimum atomic E-state index is 1.13. The van der Waals surface area contributed by atoms with Crippen molar-refractivity contribution in [2.45, 2.75) is 0 Å². The van der Waals surface area contributed by atoms with Gasteiger partial charge < -0.3 is 4.90 Å². The number of hydrogen-bond acceptors (Lipinski definition) is 1. The van der Waals surface area contributed by atoms with Crippen molar-refractivity contribution in [1.29, 1.82) is 0 Å². The lowest BCUT2D eigenvalue weighted by Crippen LogP contribution is -2.09. The summed E-state index contributed by atoms with van der Waals surface area (Å²) in [7, 11) is 0. The van der Waals surface area contributed by atoms with Crippen LogP contribution < -0.4 is 4.90 Å². The second kappa shape index (κ2) is 8.73. The summed E-state index contributed by atoms with van der Waals surface area (Å²) < 4.78 is 0. The lowest BCUT2D eigenvalue weighted by atomic mass is 10.0. The molecular formula is C30H22N. The second-order valence-electron chi connectivity index (χ2n) is 7.42. The zero-order valence-corrected chi connectivity index (χ0v) is 17.1. The summed E-state index contributed by atoms with van der Waals surface area (Å²) >= 11 is 0. The first-order valence-electron chi connectivity index (χ1n) is 10.5. The molecule has 0 aliphatic heterocycles. The third-order valence-corrected chi connectivity index (χ3v) is 5.42. The Bertz CT molecular complexity index is 1140. The summed E-state index contributed by atoms with van der Waals surface area (Å²) in [6, 6.07) is 49.6. The van der Waals surface area contributed by atoms with Crippen LogP contribution in [0.15, 0.2) is 133 Å². The predicted molar refractivity (Wildman–Crippen MR) is 131 cm³/mol. The van der Waals surface area contributed by atoms with Crippen LogP contribution in [0.4, 0.5) is 17.1 Å². The third kappa shape index (κ3) is 4.12. The smallest absolute Gasteiger partial charge is 0.0462 e. The lowest BCUT2D eigenvalue weighted by Gasteiger charge is -2.26. The van der Waals surface area contributed by atoms with Gasteiger partial charge in [0.05, 0.1) is 0 Å². The molecule has 0 aliphatic rings. The van der Waals surface area contributed by atoms with E-state index in [1.165, 1.54) is 22.3 Å². The van der Waals surface area contributed by atoms with E-state index >= 15 is 0 Å².